The van der Waals surface area contributed by atoms with E-state index in [-0.39, 0.29) is 0 Å². The first-order chi connectivity index (χ1) is 8.88. The lowest BCUT2D eigenvalue weighted by molar-refractivity contribution is 0.909. The van der Waals surface area contributed by atoms with E-state index in [2.05, 4.69) is 33.1 Å². The molecular formula is C14H12N4. The van der Waals surface area contributed by atoms with E-state index in [1.807, 2.05) is 12.1 Å². The molecule has 0 unspecified atom stereocenters. The molecule has 3 rings (SSSR count). The number of hydrogen-bond acceptors (Lipinski definition) is 4. The summed E-state index contributed by atoms with van der Waals surface area (Å²) < 4.78 is 0. The van der Waals surface area contributed by atoms with Crippen molar-refractivity contribution >= 4 is 5.69 Å². The summed E-state index contributed by atoms with van der Waals surface area (Å²) in [6.45, 7) is 1.37. The minimum Gasteiger partial charge on any atom is -0.358 e. The number of anilines is 1. The minimum atomic E-state index is 0.453. The lowest BCUT2D eigenvalue weighted by Gasteiger charge is -2.14. The zero-order valence-electron chi connectivity index (χ0n) is 9.87. The average molecular weight is 236 g/mol. The van der Waals surface area contributed by atoms with Crippen LogP contribution in [0.5, 0.6) is 0 Å². The third kappa shape index (κ3) is 1.80. The third-order valence-electron chi connectivity index (χ3n) is 3.16. The fourth-order valence-electron chi connectivity index (χ4n) is 2.31. The summed E-state index contributed by atoms with van der Waals surface area (Å²) in [7, 11) is 0. The SMILES string of the molecule is N#CCN1CCc2cc(-c3ncccn3)ccc21. The summed E-state index contributed by atoms with van der Waals surface area (Å²) in [5.74, 6) is 0.749. The molecule has 0 aliphatic carbocycles. The molecule has 1 aliphatic rings. The number of nitrogens with zero attached hydrogens (tertiary/aromatic N) is 4. The first-order valence-corrected chi connectivity index (χ1v) is 5.91. The molecule has 88 valence electrons. The molecule has 18 heavy (non-hydrogen) atoms. The summed E-state index contributed by atoms with van der Waals surface area (Å²) >= 11 is 0. The van der Waals surface area contributed by atoms with E-state index < -0.39 is 0 Å². The highest BCUT2D eigenvalue weighted by molar-refractivity contribution is 5.67. The molecule has 0 spiro atoms. The summed E-state index contributed by atoms with van der Waals surface area (Å²) in [4.78, 5) is 10.6. The van der Waals surface area contributed by atoms with Gasteiger partial charge in [-0.2, -0.15) is 5.26 Å². The fourth-order valence-corrected chi connectivity index (χ4v) is 2.31. The molecule has 2 heterocycles. The van der Waals surface area contributed by atoms with E-state index in [1.165, 1.54) is 5.56 Å². The van der Waals surface area contributed by atoms with Crippen LogP contribution >= 0.6 is 0 Å². The highest BCUT2D eigenvalue weighted by Gasteiger charge is 2.19. The highest BCUT2D eigenvalue weighted by Crippen LogP contribution is 2.30. The molecule has 0 bridgehead atoms. The Morgan fingerprint density at radius 1 is 1.28 bits per heavy atom. The molecule has 0 N–H and O–H groups in total. The van der Waals surface area contributed by atoms with Crippen LogP contribution < -0.4 is 4.90 Å². The molecule has 1 aromatic carbocycles. The first kappa shape index (κ1) is 10.7. The van der Waals surface area contributed by atoms with Crippen molar-refractivity contribution < 1.29 is 0 Å². The quantitative estimate of drug-likeness (QED) is 0.749. The monoisotopic (exact) mass is 236 g/mol. The van der Waals surface area contributed by atoms with Crippen molar-refractivity contribution in [1.29, 1.82) is 5.26 Å². The lowest BCUT2D eigenvalue weighted by Crippen LogP contribution is -2.20. The Bertz CT molecular complexity index is 601. The normalized spacial score (nSPS) is 13.2. The molecule has 0 saturated heterocycles. The Balaban J connectivity index is 1.97. The van der Waals surface area contributed by atoms with E-state index in [9.17, 15) is 0 Å². The maximum absolute atomic E-state index is 8.77. The second kappa shape index (κ2) is 4.46. The number of rotatable bonds is 2. The largest absolute Gasteiger partial charge is 0.358 e. The van der Waals surface area contributed by atoms with Gasteiger partial charge < -0.3 is 4.90 Å². The number of nitriles is 1. The molecule has 0 radical (unpaired) electrons. The fraction of sp³-hybridized carbons (Fsp3) is 0.214. The van der Waals surface area contributed by atoms with Gasteiger partial charge in [-0.25, -0.2) is 9.97 Å². The molecule has 4 heteroatoms. The van der Waals surface area contributed by atoms with Crippen LogP contribution in [0.4, 0.5) is 5.69 Å². The van der Waals surface area contributed by atoms with Crippen LogP contribution in [0.3, 0.4) is 0 Å². The Morgan fingerprint density at radius 3 is 2.89 bits per heavy atom. The van der Waals surface area contributed by atoms with E-state index >= 15 is 0 Å². The summed E-state index contributed by atoms with van der Waals surface area (Å²) in [5.41, 5.74) is 3.47. The van der Waals surface area contributed by atoms with E-state index in [0.29, 0.717) is 6.54 Å². The van der Waals surface area contributed by atoms with Gasteiger partial charge in [-0.3, -0.25) is 0 Å². The molecule has 0 fully saturated rings. The Hall–Kier alpha value is -2.41. The Kier molecular flexibility index (Phi) is 2.66. The van der Waals surface area contributed by atoms with Gasteiger partial charge in [0.1, 0.15) is 6.54 Å². The van der Waals surface area contributed by atoms with Crippen molar-refractivity contribution in [3.05, 3.63) is 42.2 Å². The molecule has 1 aliphatic heterocycles. The van der Waals surface area contributed by atoms with Crippen LogP contribution in [0.25, 0.3) is 11.4 Å². The topological polar surface area (TPSA) is 52.8 Å². The van der Waals surface area contributed by atoms with E-state index in [0.717, 1.165) is 30.0 Å². The van der Waals surface area contributed by atoms with Gasteiger partial charge in [0.15, 0.2) is 5.82 Å². The van der Waals surface area contributed by atoms with Crippen molar-refractivity contribution in [3.8, 4) is 17.5 Å². The van der Waals surface area contributed by atoms with Crippen molar-refractivity contribution in [2.75, 3.05) is 18.0 Å². The molecule has 4 nitrogen and oxygen atoms in total. The van der Waals surface area contributed by atoms with Gasteiger partial charge in [-0.15, -0.1) is 0 Å². The number of hydrogen-bond donors (Lipinski definition) is 0. The van der Waals surface area contributed by atoms with Crippen molar-refractivity contribution in [3.63, 3.8) is 0 Å². The Morgan fingerprint density at radius 2 is 2.11 bits per heavy atom. The maximum Gasteiger partial charge on any atom is 0.159 e. The van der Waals surface area contributed by atoms with Crippen molar-refractivity contribution in [2.24, 2.45) is 0 Å². The van der Waals surface area contributed by atoms with Gasteiger partial charge in [0.2, 0.25) is 0 Å². The zero-order chi connectivity index (χ0) is 12.4. The molecular weight excluding hydrogens is 224 g/mol. The summed E-state index contributed by atoms with van der Waals surface area (Å²) in [6, 6.07) is 10.2. The average Bonchev–Trinajstić information content (AvgIpc) is 2.83. The molecule has 1 aromatic heterocycles. The van der Waals surface area contributed by atoms with Gasteiger partial charge in [0.05, 0.1) is 6.07 Å². The van der Waals surface area contributed by atoms with Gasteiger partial charge in [-0.1, -0.05) is 0 Å². The van der Waals surface area contributed by atoms with Crippen LogP contribution in [-0.2, 0) is 6.42 Å². The highest BCUT2D eigenvalue weighted by atomic mass is 15.1. The van der Waals surface area contributed by atoms with Gasteiger partial charge >= 0.3 is 0 Å². The number of benzene rings is 1. The van der Waals surface area contributed by atoms with Crippen LogP contribution in [0, 0.1) is 11.3 Å². The zero-order valence-corrected chi connectivity index (χ0v) is 9.87. The maximum atomic E-state index is 8.77. The van der Waals surface area contributed by atoms with Crippen LogP contribution in [0.15, 0.2) is 36.7 Å². The third-order valence-corrected chi connectivity index (χ3v) is 3.16. The molecule has 0 atom stereocenters. The molecule has 0 saturated carbocycles. The first-order valence-electron chi connectivity index (χ1n) is 5.91. The minimum absolute atomic E-state index is 0.453. The number of fused-ring (bicyclic) bond motifs is 1. The van der Waals surface area contributed by atoms with E-state index in [1.54, 1.807) is 12.4 Å². The summed E-state index contributed by atoms with van der Waals surface area (Å²) in [5, 5.41) is 8.77. The van der Waals surface area contributed by atoms with Gasteiger partial charge in [0, 0.05) is 30.2 Å². The lowest BCUT2D eigenvalue weighted by atomic mass is 10.1. The van der Waals surface area contributed by atoms with Crippen LogP contribution in [0.2, 0.25) is 0 Å². The van der Waals surface area contributed by atoms with Crippen LogP contribution in [-0.4, -0.2) is 23.1 Å². The smallest absolute Gasteiger partial charge is 0.159 e. The standard InChI is InChI=1S/C14H12N4/c15-5-9-18-8-4-11-10-12(2-3-13(11)18)14-16-6-1-7-17-14/h1-3,6-7,10H,4,8-9H2. The second-order valence-electron chi connectivity index (χ2n) is 4.25. The van der Waals surface area contributed by atoms with Crippen molar-refractivity contribution in [2.45, 2.75) is 6.42 Å². The second-order valence-corrected chi connectivity index (χ2v) is 4.25. The van der Waals surface area contributed by atoms with Gasteiger partial charge in [0.25, 0.3) is 0 Å². The predicted molar refractivity (Wildman–Crippen MR) is 69.0 cm³/mol. The van der Waals surface area contributed by atoms with Gasteiger partial charge in [-0.05, 0) is 36.2 Å². The van der Waals surface area contributed by atoms with Crippen LogP contribution in [0.1, 0.15) is 5.56 Å². The molecule has 2 aromatic rings. The van der Waals surface area contributed by atoms with E-state index in [4.69, 9.17) is 5.26 Å². The summed E-state index contributed by atoms with van der Waals surface area (Å²) in [6.07, 6.45) is 4.48. The van der Waals surface area contributed by atoms with Crippen molar-refractivity contribution in [1.82, 2.24) is 9.97 Å². The Labute approximate surface area is 106 Å². The molecule has 0 amide bonds. The predicted octanol–water partition coefficient (Wildman–Crippen LogP) is 2.03. The number of aromatic nitrogens is 2.